The molecule has 0 aliphatic carbocycles. The third-order valence-electron chi connectivity index (χ3n) is 3.18. The highest BCUT2D eigenvalue weighted by Gasteiger charge is 2.39. The number of halogens is 1. The van der Waals surface area contributed by atoms with Gasteiger partial charge in [0.2, 0.25) is 0 Å². The van der Waals surface area contributed by atoms with Crippen LogP contribution in [-0.4, -0.2) is 28.6 Å². The monoisotopic (exact) mass is 310 g/mol. The van der Waals surface area contributed by atoms with Crippen LogP contribution in [-0.2, 0) is 13.3 Å². The van der Waals surface area contributed by atoms with Gasteiger partial charge in [-0.25, -0.2) is 0 Å². The first-order valence-corrected chi connectivity index (χ1v) is 10.1. The molecule has 20 heavy (non-hydrogen) atoms. The summed E-state index contributed by atoms with van der Waals surface area (Å²) in [6.07, 6.45) is 9.19. The Morgan fingerprint density at radius 3 is 1.40 bits per heavy atom. The molecule has 0 saturated heterocycles. The normalized spacial score (nSPS) is 11.4. The lowest BCUT2D eigenvalue weighted by Crippen LogP contribution is -2.45. The van der Waals surface area contributed by atoms with E-state index in [9.17, 15) is 0 Å². The summed E-state index contributed by atoms with van der Waals surface area (Å²) >= 11 is 0. The van der Waals surface area contributed by atoms with E-state index in [1.54, 1.807) is 0 Å². The van der Waals surface area contributed by atoms with Gasteiger partial charge in [-0.3, -0.25) is 4.70 Å². The van der Waals surface area contributed by atoms with Crippen molar-refractivity contribution in [1.82, 2.24) is 0 Å². The van der Waals surface area contributed by atoms with Gasteiger partial charge in [-0.05, 0) is 27.2 Å². The molecule has 0 aromatic carbocycles. The highest BCUT2D eigenvalue weighted by atomic mass is 28.4. The van der Waals surface area contributed by atoms with Crippen LogP contribution in [0.25, 0.3) is 0 Å². The zero-order valence-electron chi connectivity index (χ0n) is 13.9. The number of unbranched alkanes of at least 4 members (excludes halogenated alkanes) is 6. The summed E-state index contributed by atoms with van der Waals surface area (Å²) < 4.78 is 17.5. The molecule has 0 heterocycles. The van der Waals surface area contributed by atoms with Crippen LogP contribution in [0.5, 0.6) is 0 Å². The van der Waals surface area contributed by atoms with Crippen molar-refractivity contribution in [1.29, 1.82) is 0 Å². The summed E-state index contributed by atoms with van der Waals surface area (Å²) in [5, 5.41) is 0. The van der Waals surface area contributed by atoms with Crippen LogP contribution in [0, 0.1) is 0 Å². The first-order valence-electron chi connectivity index (χ1n) is 8.16. The Morgan fingerprint density at radius 1 is 0.600 bits per heavy atom. The number of hydrogen-bond donors (Lipinski definition) is 0. The Balaban J connectivity index is 0. The average molecular weight is 311 g/mol. The lowest BCUT2D eigenvalue weighted by molar-refractivity contribution is 0.0706. The molecule has 5 heteroatoms. The smallest absolute Gasteiger partial charge is 0.374 e. The molecule has 0 rings (SSSR count). The van der Waals surface area contributed by atoms with Crippen molar-refractivity contribution in [2.45, 2.75) is 78.7 Å². The van der Waals surface area contributed by atoms with E-state index < -0.39 is 8.80 Å². The molecule has 0 aromatic rings. The highest BCUT2D eigenvalue weighted by Crippen LogP contribution is 2.20. The molecular formula is C15H35FO3Si. The van der Waals surface area contributed by atoms with Crippen molar-refractivity contribution in [3.05, 3.63) is 0 Å². The van der Waals surface area contributed by atoms with Gasteiger partial charge in [0.1, 0.15) is 0 Å². The Bertz CT molecular complexity index is 177. The molecular weight excluding hydrogens is 275 g/mol. The van der Waals surface area contributed by atoms with E-state index in [2.05, 4.69) is 6.92 Å². The SMILES string of the molecule is CCCCCCCCC[Si](OCC)(OCC)OCC.F. The standard InChI is InChI=1S/C15H34O3Si.FH/c1-5-9-10-11-12-13-14-15-19(16-6-2,17-7-3)18-8-4;/h5-15H2,1-4H3;1H. The van der Waals surface area contributed by atoms with Gasteiger partial charge in [-0.1, -0.05) is 45.4 Å². The van der Waals surface area contributed by atoms with Gasteiger partial charge in [-0.2, -0.15) is 0 Å². The van der Waals surface area contributed by atoms with Gasteiger partial charge in [0.15, 0.2) is 0 Å². The lowest BCUT2D eigenvalue weighted by atomic mass is 10.1. The second kappa shape index (κ2) is 15.4. The van der Waals surface area contributed by atoms with Crippen molar-refractivity contribution in [3.8, 4) is 0 Å². The highest BCUT2D eigenvalue weighted by molar-refractivity contribution is 6.60. The molecule has 0 fully saturated rings. The average Bonchev–Trinajstić information content (AvgIpc) is 2.39. The molecule has 0 aliphatic rings. The van der Waals surface area contributed by atoms with Crippen LogP contribution in [0.3, 0.4) is 0 Å². The molecule has 0 radical (unpaired) electrons. The molecule has 0 unspecified atom stereocenters. The van der Waals surface area contributed by atoms with E-state index in [1.165, 1.54) is 44.9 Å². The maximum atomic E-state index is 5.85. The van der Waals surface area contributed by atoms with Gasteiger partial charge >= 0.3 is 8.80 Å². The van der Waals surface area contributed by atoms with Gasteiger partial charge < -0.3 is 13.3 Å². The fraction of sp³-hybridized carbons (Fsp3) is 1.00. The molecule has 0 saturated carbocycles. The van der Waals surface area contributed by atoms with Crippen LogP contribution in [0.15, 0.2) is 0 Å². The molecule has 0 bridgehead atoms. The molecule has 124 valence electrons. The van der Waals surface area contributed by atoms with Crippen LogP contribution in [0.2, 0.25) is 6.04 Å². The predicted molar refractivity (Wildman–Crippen MR) is 85.9 cm³/mol. The number of rotatable bonds is 14. The summed E-state index contributed by atoms with van der Waals surface area (Å²) in [4.78, 5) is 0. The van der Waals surface area contributed by atoms with Gasteiger partial charge in [0.05, 0.1) is 0 Å². The summed E-state index contributed by atoms with van der Waals surface area (Å²) in [7, 11) is -2.37. The maximum absolute atomic E-state index is 5.85. The van der Waals surface area contributed by atoms with Crippen molar-refractivity contribution in [3.63, 3.8) is 0 Å². The first kappa shape index (κ1) is 22.3. The molecule has 0 aliphatic heterocycles. The van der Waals surface area contributed by atoms with E-state index in [4.69, 9.17) is 13.3 Å². The molecule has 0 amide bonds. The van der Waals surface area contributed by atoms with Crippen LogP contribution in [0.1, 0.15) is 72.6 Å². The quantitative estimate of drug-likeness (QED) is 0.336. The van der Waals surface area contributed by atoms with Crippen molar-refractivity contribution in [2.24, 2.45) is 0 Å². The second-order valence-electron chi connectivity index (χ2n) is 4.85. The topological polar surface area (TPSA) is 27.7 Å². The molecule has 0 spiro atoms. The fourth-order valence-corrected chi connectivity index (χ4v) is 4.99. The Morgan fingerprint density at radius 2 is 1.00 bits per heavy atom. The van der Waals surface area contributed by atoms with E-state index in [0.29, 0.717) is 19.8 Å². The summed E-state index contributed by atoms with van der Waals surface area (Å²) in [6.45, 7) is 10.4. The van der Waals surface area contributed by atoms with Gasteiger partial charge in [0.25, 0.3) is 0 Å². The van der Waals surface area contributed by atoms with Crippen molar-refractivity contribution < 1.29 is 18.0 Å². The predicted octanol–water partition coefficient (Wildman–Crippen LogP) is 4.94. The Kier molecular flexibility index (Phi) is 17.2. The molecule has 3 nitrogen and oxygen atoms in total. The van der Waals surface area contributed by atoms with Gasteiger partial charge in [0, 0.05) is 25.9 Å². The summed E-state index contributed by atoms with van der Waals surface area (Å²) in [5.41, 5.74) is 0. The van der Waals surface area contributed by atoms with E-state index >= 15 is 0 Å². The molecule has 0 aromatic heterocycles. The zero-order valence-corrected chi connectivity index (χ0v) is 14.9. The third-order valence-corrected chi connectivity index (χ3v) is 6.33. The van der Waals surface area contributed by atoms with E-state index in [1.807, 2.05) is 20.8 Å². The summed E-state index contributed by atoms with van der Waals surface area (Å²) in [6, 6.07) is 0.969. The van der Waals surface area contributed by atoms with Crippen molar-refractivity contribution >= 4 is 8.80 Å². The molecule has 0 atom stereocenters. The Hall–Kier alpha value is 0.0269. The maximum Gasteiger partial charge on any atom is 0.500 e. The van der Waals surface area contributed by atoms with Gasteiger partial charge in [-0.15, -0.1) is 0 Å². The lowest BCUT2D eigenvalue weighted by Gasteiger charge is -2.28. The minimum Gasteiger partial charge on any atom is -0.374 e. The first-order chi connectivity index (χ1) is 9.24. The van der Waals surface area contributed by atoms with Crippen LogP contribution < -0.4 is 0 Å². The number of hydrogen-bond acceptors (Lipinski definition) is 3. The summed E-state index contributed by atoms with van der Waals surface area (Å²) in [5.74, 6) is 0. The minimum atomic E-state index is -2.37. The molecule has 0 N–H and O–H groups in total. The van der Waals surface area contributed by atoms with E-state index in [-0.39, 0.29) is 4.70 Å². The Labute approximate surface area is 126 Å². The van der Waals surface area contributed by atoms with E-state index in [0.717, 1.165) is 6.04 Å². The zero-order chi connectivity index (χ0) is 14.4. The third kappa shape index (κ3) is 10.8. The fourth-order valence-electron chi connectivity index (χ4n) is 2.30. The second-order valence-corrected chi connectivity index (χ2v) is 7.59. The minimum absolute atomic E-state index is 0. The van der Waals surface area contributed by atoms with Crippen molar-refractivity contribution in [2.75, 3.05) is 19.8 Å². The van der Waals surface area contributed by atoms with Crippen LogP contribution in [0.4, 0.5) is 4.70 Å². The largest absolute Gasteiger partial charge is 0.500 e. The van der Waals surface area contributed by atoms with Crippen LogP contribution >= 0.6 is 0 Å².